The van der Waals surface area contributed by atoms with Crippen molar-refractivity contribution in [1.29, 1.82) is 0 Å². The van der Waals surface area contributed by atoms with E-state index in [4.69, 9.17) is 23.2 Å². The van der Waals surface area contributed by atoms with E-state index in [0.29, 0.717) is 22.3 Å². The zero-order valence-electron chi connectivity index (χ0n) is 13.0. The standard InChI is InChI=1S/C18H17Cl2N3O/c19-14-4-3-6-16(18(14)20)22-17(24)12-23-10-7-13(8-11-23)15-5-1-2-9-21-15/h1-7,9H,8,10-12H2,(H,22,24). The molecule has 1 aliphatic heterocycles. The van der Waals surface area contributed by atoms with Gasteiger partial charge in [-0.2, -0.15) is 0 Å². The molecule has 0 saturated heterocycles. The Morgan fingerprint density at radius 3 is 2.79 bits per heavy atom. The average Bonchev–Trinajstić information content (AvgIpc) is 2.60. The molecule has 6 heteroatoms. The van der Waals surface area contributed by atoms with Crippen molar-refractivity contribution < 1.29 is 4.79 Å². The van der Waals surface area contributed by atoms with Crippen molar-refractivity contribution in [2.24, 2.45) is 0 Å². The average molecular weight is 362 g/mol. The Morgan fingerprint density at radius 2 is 2.08 bits per heavy atom. The predicted molar refractivity (Wildman–Crippen MR) is 98.4 cm³/mol. The summed E-state index contributed by atoms with van der Waals surface area (Å²) in [5.41, 5.74) is 2.77. The Kier molecular flexibility index (Phi) is 5.51. The van der Waals surface area contributed by atoms with Gasteiger partial charge in [-0.15, -0.1) is 0 Å². The van der Waals surface area contributed by atoms with Crippen molar-refractivity contribution in [3.05, 3.63) is 64.4 Å². The second-order valence-corrected chi connectivity index (χ2v) is 6.36. The fraction of sp³-hybridized carbons (Fsp3) is 0.222. The molecule has 0 radical (unpaired) electrons. The molecule has 1 amide bonds. The minimum Gasteiger partial charge on any atom is -0.324 e. The van der Waals surface area contributed by atoms with Crippen molar-refractivity contribution in [2.75, 3.05) is 25.0 Å². The maximum atomic E-state index is 12.2. The lowest BCUT2D eigenvalue weighted by Crippen LogP contribution is -2.36. The zero-order chi connectivity index (χ0) is 16.9. The summed E-state index contributed by atoms with van der Waals surface area (Å²) in [5, 5.41) is 3.60. The number of amides is 1. The minimum absolute atomic E-state index is 0.103. The van der Waals surface area contributed by atoms with E-state index in [1.165, 1.54) is 5.57 Å². The van der Waals surface area contributed by atoms with Crippen LogP contribution >= 0.6 is 23.2 Å². The predicted octanol–water partition coefficient (Wildman–Crippen LogP) is 4.12. The molecule has 2 aromatic rings. The number of hydrogen-bond donors (Lipinski definition) is 1. The molecular weight excluding hydrogens is 345 g/mol. The first-order chi connectivity index (χ1) is 11.6. The molecule has 0 saturated carbocycles. The van der Waals surface area contributed by atoms with E-state index in [2.05, 4.69) is 21.3 Å². The monoisotopic (exact) mass is 361 g/mol. The third-order valence-electron chi connectivity index (χ3n) is 3.88. The molecule has 0 fully saturated rings. The third kappa shape index (κ3) is 4.15. The molecule has 1 aliphatic rings. The molecule has 1 aromatic carbocycles. The van der Waals surface area contributed by atoms with Crippen molar-refractivity contribution in [3.8, 4) is 0 Å². The summed E-state index contributed by atoms with van der Waals surface area (Å²) in [4.78, 5) is 18.7. The molecule has 0 atom stereocenters. The molecule has 1 N–H and O–H groups in total. The molecule has 0 aliphatic carbocycles. The van der Waals surface area contributed by atoms with Crippen LogP contribution < -0.4 is 5.32 Å². The number of benzene rings is 1. The van der Waals surface area contributed by atoms with Crippen LogP contribution in [0.25, 0.3) is 5.57 Å². The lowest BCUT2D eigenvalue weighted by atomic mass is 10.0. The number of halogens is 2. The fourth-order valence-corrected chi connectivity index (χ4v) is 2.98. The molecule has 0 bridgehead atoms. The van der Waals surface area contributed by atoms with E-state index in [9.17, 15) is 4.79 Å². The van der Waals surface area contributed by atoms with Crippen molar-refractivity contribution in [3.63, 3.8) is 0 Å². The zero-order valence-corrected chi connectivity index (χ0v) is 14.5. The maximum Gasteiger partial charge on any atom is 0.238 e. The number of nitrogens with one attached hydrogen (secondary N) is 1. The van der Waals surface area contributed by atoms with E-state index in [1.54, 1.807) is 24.4 Å². The van der Waals surface area contributed by atoms with E-state index in [0.717, 1.165) is 25.2 Å². The Bertz CT molecular complexity index is 762. The summed E-state index contributed by atoms with van der Waals surface area (Å²) >= 11 is 12.0. The van der Waals surface area contributed by atoms with Gasteiger partial charge in [-0.1, -0.05) is 41.4 Å². The molecular formula is C18H17Cl2N3O. The number of carbonyl (C=O) groups excluding carboxylic acids is 1. The molecule has 1 aromatic heterocycles. The van der Waals surface area contributed by atoms with Crippen LogP contribution in [0.5, 0.6) is 0 Å². The van der Waals surface area contributed by atoms with Crippen LogP contribution in [0.4, 0.5) is 5.69 Å². The van der Waals surface area contributed by atoms with Crippen LogP contribution in [0.3, 0.4) is 0 Å². The van der Waals surface area contributed by atoms with Gasteiger partial charge in [0.15, 0.2) is 0 Å². The summed E-state index contributed by atoms with van der Waals surface area (Å²) in [6.07, 6.45) is 4.80. The number of aromatic nitrogens is 1. The second-order valence-electron chi connectivity index (χ2n) is 5.58. The van der Waals surface area contributed by atoms with Crippen molar-refractivity contribution in [2.45, 2.75) is 6.42 Å². The van der Waals surface area contributed by atoms with Gasteiger partial charge in [0, 0.05) is 19.3 Å². The van der Waals surface area contributed by atoms with Gasteiger partial charge < -0.3 is 5.32 Å². The van der Waals surface area contributed by atoms with Crippen LogP contribution in [0.2, 0.25) is 10.0 Å². The highest BCUT2D eigenvalue weighted by molar-refractivity contribution is 6.44. The highest BCUT2D eigenvalue weighted by atomic mass is 35.5. The Hall–Kier alpha value is -1.88. The molecule has 4 nitrogen and oxygen atoms in total. The smallest absolute Gasteiger partial charge is 0.238 e. The lowest BCUT2D eigenvalue weighted by Gasteiger charge is -2.25. The number of nitrogens with zero attached hydrogens (tertiary/aromatic N) is 2. The fourth-order valence-electron chi connectivity index (χ4n) is 2.63. The molecule has 0 unspecified atom stereocenters. The van der Waals surface area contributed by atoms with Gasteiger partial charge >= 0.3 is 0 Å². The first-order valence-corrected chi connectivity index (χ1v) is 8.46. The van der Waals surface area contributed by atoms with E-state index < -0.39 is 0 Å². The number of hydrogen-bond acceptors (Lipinski definition) is 3. The summed E-state index contributed by atoms with van der Waals surface area (Å²) in [7, 11) is 0. The van der Waals surface area contributed by atoms with Crippen molar-refractivity contribution >= 4 is 40.4 Å². The first kappa shape index (κ1) is 17.0. The van der Waals surface area contributed by atoms with E-state index in [-0.39, 0.29) is 5.91 Å². The largest absolute Gasteiger partial charge is 0.324 e. The maximum absolute atomic E-state index is 12.2. The van der Waals surface area contributed by atoms with Gasteiger partial charge in [-0.3, -0.25) is 14.7 Å². The van der Waals surface area contributed by atoms with Gasteiger partial charge in [0.05, 0.1) is 28.0 Å². The lowest BCUT2D eigenvalue weighted by molar-refractivity contribution is -0.117. The Labute approximate surface area is 151 Å². The first-order valence-electron chi connectivity index (χ1n) is 7.70. The van der Waals surface area contributed by atoms with Crippen LogP contribution in [-0.2, 0) is 4.79 Å². The van der Waals surface area contributed by atoms with Crippen LogP contribution in [-0.4, -0.2) is 35.4 Å². The summed E-state index contributed by atoms with van der Waals surface area (Å²) in [6, 6.07) is 11.1. The van der Waals surface area contributed by atoms with Crippen LogP contribution in [0, 0.1) is 0 Å². The number of rotatable bonds is 4. The summed E-state index contributed by atoms with van der Waals surface area (Å²) < 4.78 is 0. The van der Waals surface area contributed by atoms with Gasteiger partial charge in [0.1, 0.15) is 0 Å². The van der Waals surface area contributed by atoms with E-state index >= 15 is 0 Å². The van der Waals surface area contributed by atoms with Crippen LogP contribution in [0.15, 0.2) is 48.7 Å². The number of anilines is 1. The van der Waals surface area contributed by atoms with Gasteiger partial charge in [0.25, 0.3) is 0 Å². The number of pyridine rings is 1. The van der Waals surface area contributed by atoms with Gasteiger partial charge in [-0.25, -0.2) is 0 Å². The molecule has 3 rings (SSSR count). The number of carbonyl (C=O) groups is 1. The minimum atomic E-state index is -0.103. The Morgan fingerprint density at radius 1 is 1.21 bits per heavy atom. The molecule has 0 spiro atoms. The summed E-state index contributed by atoms with van der Waals surface area (Å²) in [6.45, 7) is 1.86. The van der Waals surface area contributed by atoms with Crippen LogP contribution in [0.1, 0.15) is 12.1 Å². The molecule has 124 valence electrons. The highest BCUT2D eigenvalue weighted by Crippen LogP contribution is 2.29. The Balaban J connectivity index is 1.57. The SMILES string of the molecule is O=C(CN1CC=C(c2ccccn2)CC1)Nc1cccc(Cl)c1Cl. The summed E-state index contributed by atoms with van der Waals surface area (Å²) in [5.74, 6) is -0.103. The molecule has 2 heterocycles. The van der Waals surface area contributed by atoms with Crippen molar-refractivity contribution in [1.82, 2.24) is 9.88 Å². The molecule has 24 heavy (non-hydrogen) atoms. The van der Waals surface area contributed by atoms with Gasteiger partial charge in [-0.05, 0) is 36.3 Å². The normalized spacial score (nSPS) is 15.0. The van der Waals surface area contributed by atoms with Gasteiger partial charge in [0.2, 0.25) is 5.91 Å². The second kappa shape index (κ2) is 7.79. The topological polar surface area (TPSA) is 45.2 Å². The quantitative estimate of drug-likeness (QED) is 0.890. The van der Waals surface area contributed by atoms with E-state index in [1.807, 2.05) is 18.2 Å². The third-order valence-corrected chi connectivity index (χ3v) is 4.70. The highest BCUT2D eigenvalue weighted by Gasteiger charge is 2.17.